The second-order valence-corrected chi connectivity index (χ2v) is 7.95. The van der Waals surface area contributed by atoms with Gasteiger partial charge in [0.1, 0.15) is 0 Å². The van der Waals surface area contributed by atoms with Crippen molar-refractivity contribution in [1.82, 2.24) is 4.72 Å². The van der Waals surface area contributed by atoms with E-state index >= 15 is 0 Å². The third kappa shape index (κ3) is 5.07. The van der Waals surface area contributed by atoms with Crippen LogP contribution in [-0.2, 0) is 27.1 Å². The molecule has 1 saturated heterocycles. The fourth-order valence-electron chi connectivity index (χ4n) is 2.69. The van der Waals surface area contributed by atoms with Crippen LogP contribution in [0.1, 0.15) is 37.8 Å². The monoisotopic (exact) mass is 312 g/mol. The number of nitrogens with one attached hydrogen (secondary N) is 1. The summed E-state index contributed by atoms with van der Waals surface area (Å²) in [6.45, 7) is 4.97. The number of hydrogen-bond donors (Lipinski definition) is 2. The van der Waals surface area contributed by atoms with Crippen LogP contribution in [0.25, 0.3) is 0 Å². The Balaban J connectivity index is 2.01. The molecule has 0 saturated carbocycles. The zero-order valence-electron chi connectivity index (χ0n) is 12.6. The van der Waals surface area contributed by atoms with E-state index in [1.807, 2.05) is 38.1 Å². The molecule has 1 heterocycles. The van der Waals surface area contributed by atoms with Gasteiger partial charge < -0.3 is 10.5 Å². The van der Waals surface area contributed by atoms with Crippen LogP contribution >= 0.6 is 0 Å². The van der Waals surface area contributed by atoms with Crippen molar-refractivity contribution in [2.24, 2.45) is 5.73 Å². The van der Waals surface area contributed by atoms with Gasteiger partial charge in [-0.2, -0.15) is 0 Å². The Morgan fingerprint density at radius 2 is 2.10 bits per heavy atom. The van der Waals surface area contributed by atoms with Gasteiger partial charge in [-0.15, -0.1) is 0 Å². The van der Waals surface area contributed by atoms with E-state index < -0.39 is 10.0 Å². The van der Waals surface area contributed by atoms with Gasteiger partial charge >= 0.3 is 0 Å². The first-order chi connectivity index (χ1) is 9.80. The minimum Gasteiger partial charge on any atom is -0.375 e. The number of rotatable bonds is 5. The lowest BCUT2D eigenvalue weighted by molar-refractivity contribution is -0.0599. The van der Waals surface area contributed by atoms with Crippen molar-refractivity contribution in [3.63, 3.8) is 0 Å². The lowest BCUT2D eigenvalue weighted by Gasteiger charge is -2.35. The van der Waals surface area contributed by atoms with Crippen molar-refractivity contribution in [2.75, 3.05) is 6.61 Å². The molecule has 0 radical (unpaired) electrons. The zero-order valence-corrected chi connectivity index (χ0v) is 13.4. The van der Waals surface area contributed by atoms with Gasteiger partial charge in [0.2, 0.25) is 10.0 Å². The van der Waals surface area contributed by atoms with Crippen LogP contribution in [0, 0.1) is 0 Å². The van der Waals surface area contributed by atoms with Crippen LogP contribution in [0.3, 0.4) is 0 Å². The van der Waals surface area contributed by atoms with Gasteiger partial charge in [-0.05, 0) is 37.8 Å². The summed E-state index contributed by atoms with van der Waals surface area (Å²) in [6.07, 6.45) is 1.40. The fourth-order valence-corrected chi connectivity index (χ4v) is 4.10. The number of hydrogen-bond acceptors (Lipinski definition) is 4. The average molecular weight is 312 g/mol. The standard InChI is InChI=1S/C15H24N2O3S/c1-15(2)9-14(6-7-20-15)17-21(18,19)11-13-5-3-4-12(8-13)10-16/h3-5,8,14,17H,6-7,9-11,16H2,1-2H3. The van der Waals surface area contributed by atoms with Crippen LogP contribution in [0.2, 0.25) is 0 Å². The number of ether oxygens (including phenoxy) is 1. The molecular formula is C15H24N2O3S. The SMILES string of the molecule is CC1(C)CC(NS(=O)(=O)Cc2cccc(CN)c2)CCO1. The van der Waals surface area contributed by atoms with Crippen molar-refractivity contribution >= 4 is 10.0 Å². The molecule has 0 aromatic heterocycles. The summed E-state index contributed by atoms with van der Waals surface area (Å²) in [5.74, 6) is -0.0153. The van der Waals surface area contributed by atoms with E-state index in [1.54, 1.807) is 0 Å². The Morgan fingerprint density at radius 3 is 2.76 bits per heavy atom. The Bertz CT molecular complexity index is 584. The van der Waals surface area contributed by atoms with E-state index in [0.29, 0.717) is 26.0 Å². The van der Waals surface area contributed by atoms with E-state index in [2.05, 4.69) is 4.72 Å². The second-order valence-electron chi connectivity index (χ2n) is 6.20. The minimum atomic E-state index is -3.36. The summed E-state index contributed by atoms with van der Waals surface area (Å²) in [7, 11) is -3.36. The Labute approximate surface area is 126 Å². The fraction of sp³-hybridized carbons (Fsp3) is 0.600. The van der Waals surface area contributed by atoms with Gasteiger partial charge in [0, 0.05) is 19.2 Å². The molecule has 1 fully saturated rings. The van der Waals surface area contributed by atoms with Crippen molar-refractivity contribution in [1.29, 1.82) is 0 Å². The second kappa shape index (κ2) is 6.44. The van der Waals surface area contributed by atoms with Crippen LogP contribution in [0.5, 0.6) is 0 Å². The molecule has 5 nitrogen and oxygen atoms in total. The highest BCUT2D eigenvalue weighted by Crippen LogP contribution is 2.24. The summed E-state index contributed by atoms with van der Waals surface area (Å²) in [6, 6.07) is 7.32. The minimum absolute atomic E-state index is 0.0153. The molecule has 1 aromatic rings. The molecule has 1 unspecified atom stereocenters. The maximum absolute atomic E-state index is 12.3. The predicted molar refractivity (Wildman–Crippen MR) is 83.1 cm³/mol. The molecule has 2 rings (SSSR count). The molecule has 1 aliphatic heterocycles. The Kier molecular flexibility index (Phi) is 5.03. The highest BCUT2D eigenvalue weighted by Gasteiger charge is 2.31. The molecule has 3 N–H and O–H groups in total. The molecule has 1 atom stereocenters. The van der Waals surface area contributed by atoms with Crippen LogP contribution in [0.15, 0.2) is 24.3 Å². The van der Waals surface area contributed by atoms with Crippen LogP contribution in [0.4, 0.5) is 0 Å². The van der Waals surface area contributed by atoms with Gasteiger partial charge in [-0.3, -0.25) is 0 Å². The normalized spacial score (nSPS) is 22.1. The molecule has 1 aliphatic rings. The van der Waals surface area contributed by atoms with Crippen molar-refractivity contribution in [2.45, 2.75) is 50.6 Å². The molecule has 0 aliphatic carbocycles. The Morgan fingerprint density at radius 1 is 1.38 bits per heavy atom. The molecule has 0 amide bonds. The quantitative estimate of drug-likeness (QED) is 0.864. The van der Waals surface area contributed by atoms with Crippen molar-refractivity contribution in [3.05, 3.63) is 35.4 Å². The smallest absolute Gasteiger partial charge is 0.216 e. The average Bonchev–Trinajstić information content (AvgIpc) is 2.36. The van der Waals surface area contributed by atoms with Crippen LogP contribution < -0.4 is 10.5 Å². The van der Waals surface area contributed by atoms with Gasteiger partial charge in [0.25, 0.3) is 0 Å². The zero-order chi connectivity index (χ0) is 15.5. The summed E-state index contributed by atoms with van der Waals surface area (Å²) >= 11 is 0. The molecule has 6 heteroatoms. The van der Waals surface area contributed by atoms with Crippen molar-refractivity contribution < 1.29 is 13.2 Å². The topological polar surface area (TPSA) is 81.4 Å². The maximum atomic E-state index is 12.3. The maximum Gasteiger partial charge on any atom is 0.216 e. The van der Waals surface area contributed by atoms with Gasteiger partial charge in [-0.25, -0.2) is 13.1 Å². The largest absolute Gasteiger partial charge is 0.375 e. The summed E-state index contributed by atoms with van der Waals surface area (Å²) < 4.78 is 33.0. The molecule has 1 aromatic carbocycles. The highest BCUT2D eigenvalue weighted by molar-refractivity contribution is 7.88. The van der Waals surface area contributed by atoms with E-state index in [1.165, 1.54) is 0 Å². The van der Waals surface area contributed by atoms with E-state index in [0.717, 1.165) is 11.1 Å². The predicted octanol–water partition coefficient (Wildman–Crippen LogP) is 1.52. The van der Waals surface area contributed by atoms with Gasteiger partial charge in [-0.1, -0.05) is 24.3 Å². The van der Waals surface area contributed by atoms with E-state index in [9.17, 15) is 8.42 Å². The molecular weight excluding hydrogens is 288 g/mol. The number of benzene rings is 1. The molecule has 118 valence electrons. The summed E-state index contributed by atoms with van der Waals surface area (Å²) in [4.78, 5) is 0. The first-order valence-electron chi connectivity index (χ1n) is 7.21. The first kappa shape index (κ1) is 16.4. The lowest BCUT2D eigenvalue weighted by Crippen LogP contribution is -2.46. The Hall–Kier alpha value is -0.950. The first-order valence-corrected chi connectivity index (χ1v) is 8.87. The van der Waals surface area contributed by atoms with Gasteiger partial charge in [0.05, 0.1) is 11.4 Å². The molecule has 0 bridgehead atoms. The van der Waals surface area contributed by atoms with Gasteiger partial charge in [0.15, 0.2) is 0 Å². The third-order valence-corrected chi connectivity index (χ3v) is 5.03. The highest BCUT2D eigenvalue weighted by atomic mass is 32.2. The van der Waals surface area contributed by atoms with E-state index in [-0.39, 0.29) is 17.4 Å². The molecule has 0 spiro atoms. The molecule has 21 heavy (non-hydrogen) atoms. The lowest BCUT2D eigenvalue weighted by atomic mass is 9.95. The van der Waals surface area contributed by atoms with Crippen molar-refractivity contribution in [3.8, 4) is 0 Å². The van der Waals surface area contributed by atoms with Crippen LogP contribution in [-0.4, -0.2) is 26.7 Å². The number of sulfonamides is 1. The third-order valence-electron chi connectivity index (χ3n) is 3.63. The summed E-state index contributed by atoms with van der Waals surface area (Å²) in [5.41, 5.74) is 7.01. The summed E-state index contributed by atoms with van der Waals surface area (Å²) in [5, 5.41) is 0. The van der Waals surface area contributed by atoms with E-state index in [4.69, 9.17) is 10.5 Å². The number of nitrogens with two attached hydrogens (primary N) is 1.